The number of hydrogen-bond donors (Lipinski definition) is 1. The molecule has 1 atom stereocenters. The van der Waals surface area contributed by atoms with Gasteiger partial charge in [-0.05, 0) is 31.0 Å². The van der Waals surface area contributed by atoms with Gasteiger partial charge in [-0.25, -0.2) is 4.39 Å². The van der Waals surface area contributed by atoms with Gasteiger partial charge >= 0.3 is 0 Å². The van der Waals surface area contributed by atoms with E-state index in [1.54, 1.807) is 12.1 Å². The summed E-state index contributed by atoms with van der Waals surface area (Å²) in [7, 11) is 0. The molecular formula is C17H17FN2. The van der Waals surface area contributed by atoms with E-state index in [0.717, 1.165) is 12.0 Å². The summed E-state index contributed by atoms with van der Waals surface area (Å²) in [5.41, 5.74) is 2.94. The van der Waals surface area contributed by atoms with Crippen LogP contribution in [0.1, 0.15) is 36.1 Å². The van der Waals surface area contributed by atoms with E-state index in [0.29, 0.717) is 5.69 Å². The van der Waals surface area contributed by atoms with E-state index in [-0.39, 0.29) is 11.6 Å². The highest BCUT2D eigenvalue weighted by molar-refractivity contribution is 5.59. The molecule has 1 N–H and O–H groups in total. The van der Waals surface area contributed by atoms with Gasteiger partial charge in [0, 0.05) is 0 Å². The Balaban J connectivity index is 2.30. The zero-order valence-electron chi connectivity index (χ0n) is 11.7. The van der Waals surface area contributed by atoms with Crippen LogP contribution in [0.3, 0.4) is 0 Å². The van der Waals surface area contributed by atoms with Crippen molar-refractivity contribution >= 4 is 5.69 Å². The van der Waals surface area contributed by atoms with Crippen LogP contribution >= 0.6 is 0 Å². The number of benzene rings is 2. The average molecular weight is 268 g/mol. The molecule has 2 aromatic rings. The molecule has 2 aromatic carbocycles. The van der Waals surface area contributed by atoms with Gasteiger partial charge in [0.25, 0.3) is 0 Å². The van der Waals surface area contributed by atoms with Gasteiger partial charge in [-0.2, -0.15) is 5.26 Å². The minimum Gasteiger partial charge on any atom is -0.377 e. The fourth-order valence-corrected chi connectivity index (χ4v) is 2.17. The van der Waals surface area contributed by atoms with Gasteiger partial charge in [0.1, 0.15) is 17.4 Å². The van der Waals surface area contributed by atoms with E-state index in [1.165, 1.54) is 11.6 Å². The Bertz CT molecular complexity index is 626. The first kappa shape index (κ1) is 14.1. The molecule has 0 saturated carbocycles. The Labute approximate surface area is 118 Å². The average Bonchev–Trinajstić information content (AvgIpc) is 2.46. The van der Waals surface area contributed by atoms with Crippen LogP contribution < -0.4 is 5.32 Å². The van der Waals surface area contributed by atoms with Crippen molar-refractivity contribution in [1.29, 1.82) is 5.26 Å². The third kappa shape index (κ3) is 2.97. The Hall–Kier alpha value is -2.34. The molecule has 1 unspecified atom stereocenters. The van der Waals surface area contributed by atoms with E-state index in [4.69, 9.17) is 5.26 Å². The summed E-state index contributed by atoms with van der Waals surface area (Å²) in [6, 6.07) is 14.8. The zero-order chi connectivity index (χ0) is 14.5. The smallest absolute Gasteiger partial charge is 0.143 e. The lowest BCUT2D eigenvalue weighted by Crippen LogP contribution is -2.11. The molecular weight excluding hydrogens is 251 g/mol. The van der Waals surface area contributed by atoms with Gasteiger partial charge in [0.05, 0.1) is 11.7 Å². The highest BCUT2D eigenvalue weighted by atomic mass is 19.1. The summed E-state index contributed by atoms with van der Waals surface area (Å²) >= 11 is 0. The van der Waals surface area contributed by atoms with Crippen LogP contribution in [0.25, 0.3) is 0 Å². The molecule has 0 fully saturated rings. The van der Waals surface area contributed by atoms with Crippen molar-refractivity contribution in [1.82, 2.24) is 0 Å². The maximum absolute atomic E-state index is 13.6. The highest BCUT2D eigenvalue weighted by Gasteiger charge is 2.13. The maximum Gasteiger partial charge on any atom is 0.143 e. The highest BCUT2D eigenvalue weighted by Crippen LogP contribution is 2.26. The van der Waals surface area contributed by atoms with E-state index in [9.17, 15) is 4.39 Å². The van der Waals surface area contributed by atoms with Crippen molar-refractivity contribution in [3.05, 3.63) is 65.0 Å². The number of hydrogen-bond acceptors (Lipinski definition) is 2. The molecule has 2 nitrogen and oxygen atoms in total. The van der Waals surface area contributed by atoms with E-state index in [2.05, 4.69) is 36.5 Å². The molecule has 20 heavy (non-hydrogen) atoms. The predicted octanol–water partition coefficient (Wildman–Crippen LogP) is 4.57. The van der Waals surface area contributed by atoms with E-state index >= 15 is 0 Å². The first-order valence-electron chi connectivity index (χ1n) is 6.67. The molecule has 0 aromatic heterocycles. The number of rotatable bonds is 4. The number of aryl methyl sites for hydroxylation is 1. The Kier molecular flexibility index (Phi) is 4.37. The Morgan fingerprint density at radius 3 is 2.50 bits per heavy atom. The normalized spacial score (nSPS) is 11.7. The van der Waals surface area contributed by atoms with Crippen LogP contribution in [0.2, 0.25) is 0 Å². The summed E-state index contributed by atoms with van der Waals surface area (Å²) < 4.78 is 13.6. The standard InChI is InChI=1S/C17H17FN2/c1-3-16(13-9-7-12(2)8-10-13)20-17-6-4-5-15(18)14(17)11-19/h4-10,16,20H,3H2,1-2H3. The van der Waals surface area contributed by atoms with Crippen LogP contribution in [0.15, 0.2) is 42.5 Å². The lowest BCUT2D eigenvalue weighted by molar-refractivity contribution is 0.623. The number of anilines is 1. The molecule has 0 amide bonds. The largest absolute Gasteiger partial charge is 0.377 e. The van der Waals surface area contributed by atoms with Crippen LogP contribution in [-0.4, -0.2) is 0 Å². The summed E-state index contributed by atoms with van der Waals surface area (Å²) in [5.74, 6) is -0.490. The minimum atomic E-state index is -0.490. The fourth-order valence-electron chi connectivity index (χ4n) is 2.17. The van der Waals surface area contributed by atoms with Crippen molar-refractivity contribution in [3.8, 4) is 6.07 Å². The van der Waals surface area contributed by atoms with Crippen LogP contribution in [0.5, 0.6) is 0 Å². The quantitative estimate of drug-likeness (QED) is 0.881. The van der Waals surface area contributed by atoms with E-state index in [1.807, 2.05) is 13.0 Å². The molecule has 0 aliphatic carbocycles. The monoisotopic (exact) mass is 268 g/mol. The van der Waals surface area contributed by atoms with Gasteiger partial charge in [0.2, 0.25) is 0 Å². The third-order valence-corrected chi connectivity index (χ3v) is 3.34. The molecule has 0 bridgehead atoms. The predicted molar refractivity (Wildman–Crippen MR) is 78.9 cm³/mol. The third-order valence-electron chi connectivity index (χ3n) is 3.34. The summed E-state index contributed by atoms with van der Waals surface area (Å²) in [5, 5.41) is 12.3. The molecule has 0 saturated heterocycles. The van der Waals surface area contributed by atoms with Crippen molar-refractivity contribution in [2.45, 2.75) is 26.3 Å². The Morgan fingerprint density at radius 1 is 1.20 bits per heavy atom. The SMILES string of the molecule is CCC(Nc1cccc(F)c1C#N)c1ccc(C)cc1. The fraction of sp³-hybridized carbons (Fsp3) is 0.235. The second-order valence-electron chi connectivity index (χ2n) is 4.79. The first-order valence-corrected chi connectivity index (χ1v) is 6.67. The second kappa shape index (κ2) is 6.21. The van der Waals surface area contributed by atoms with Gasteiger partial charge in [0.15, 0.2) is 0 Å². The van der Waals surface area contributed by atoms with Gasteiger partial charge in [-0.1, -0.05) is 42.8 Å². The lowest BCUT2D eigenvalue weighted by Gasteiger charge is -2.20. The summed E-state index contributed by atoms with van der Waals surface area (Å²) in [6.07, 6.45) is 0.852. The second-order valence-corrected chi connectivity index (χ2v) is 4.79. The van der Waals surface area contributed by atoms with Crippen molar-refractivity contribution < 1.29 is 4.39 Å². The first-order chi connectivity index (χ1) is 9.65. The molecule has 0 aliphatic rings. The molecule has 3 heteroatoms. The number of nitrogens with one attached hydrogen (secondary N) is 1. The molecule has 102 valence electrons. The van der Waals surface area contributed by atoms with Crippen LogP contribution in [-0.2, 0) is 0 Å². The van der Waals surface area contributed by atoms with Crippen LogP contribution in [0.4, 0.5) is 10.1 Å². The van der Waals surface area contributed by atoms with Gasteiger partial charge in [-0.15, -0.1) is 0 Å². The topological polar surface area (TPSA) is 35.8 Å². The van der Waals surface area contributed by atoms with Crippen LogP contribution in [0, 0.1) is 24.1 Å². The number of halogens is 1. The lowest BCUT2D eigenvalue weighted by atomic mass is 10.0. The summed E-state index contributed by atoms with van der Waals surface area (Å²) in [4.78, 5) is 0. The Morgan fingerprint density at radius 2 is 1.90 bits per heavy atom. The maximum atomic E-state index is 13.6. The molecule has 2 rings (SSSR count). The van der Waals surface area contributed by atoms with E-state index < -0.39 is 5.82 Å². The number of nitrogens with zero attached hydrogens (tertiary/aromatic N) is 1. The van der Waals surface area contributed by atoms with Crippen molar-refractivity contribution in [2.24, 2.45) is 0 Å². The van der Waals surface area contributed by atoms with Crippen molar-refractivity contribution in [2.75, 3.05) is 5.32 Å². The molecule has 0 aliphatic heterocycles. The minimum absolute atomic E-state index is 0.0597. The molecule has 0 spiro atoms. The number of nitriles is 1. The zero-order valence-corrected chi connectivity index (χ0v) is 11.7. The van der Waals surface area contributed by atoms with Gasteiger partial charge in [-0.3, -0.25) is 0 Å². The van der Waals surface area contributed by atoms with Crippen molar-refractivity contribution in [3.63, 3.8) is 0 Å². The van der Waals surface area contributed by atoms with Gasteiger partial charge < -0.3 is 5.32 Å². The summed E-state index contributed by atoms with van der Waals surface area (Å²) in [6.45, 7) is 4.10. The molecule has 0 heterocycles. The molecule has 0 radical (unpaired) electrons.